The van der Waals surface area contributed by atoms with Crippen molar-refractivity contribution in [2.24, 2.45) is 5.92 Å². The van der Waals surface area contributed by atoms with Crippen molar-refractivity contribution in [1.29, 1.82) is 0 Å². The van der Waals surface area contributed by atoms with E-state index in [1.165, 1.54) is 7.11 Å². The van der Waals surface area contributed by atoms with E-state index in [0.717, 1.165) is 55.4 Å². The van der Waals surface area contributed by atoms with Crippen molar-refractivity contribution in [2.75, 3.05) is 20.3 Å². The second kappa shape index (κ2) is 18.4. The first-order valence-corrected chi connectivity index (χ1v) is 15.0. The average molecular weight is 707 g/mol. The SMILES string of the molecule is CO[C@H]1O[C@H](COC(C)=O)[C@H](OC(C)=O)[C@H]([C@H](OC(C)=O)[C@@H]2O[C@H](COC(C)=O)[C@H](OC(C)=O)[C@H](OC(C)=O)[C@H]2OC(C)=O)[C@H]1OC(C)=O. The number of ether oxygens (including phenoxy) is 11. The van der Waals surface area contributed by atoms with Gasteiger partial charge in [0.2, 0.25) is 0 Å². The van der Waals surface area contributed by atoms with Gasteiger partial charge in [-0.1, -0.05) is 0 Å². The van der Waals surface area contributed by atoms with E-state index >= 15 is 0 Å². The van der Waals surface area contributed by atoms with Crippen LogP contribution in [0.25, 0.3) is 0 Å². The first kappa shape index (κ1) is 40.8. The third kappa shape index (κ3) is 11.9. The van der Waals surface area contributed by atoms with E-state index in [-0.39, 0.29) is 0 Å². The molecule has 2 aliphatic rings. The van der Waals surface area contributed by atoms with E-state index in [4.69, 9.17) is 52.1 Å². The smallest absolute Gasteiger partial charge is 0.303 e. The molecule has 19 heteroatoms. The Morgan fingerprint density at radius 2 is 0.898 bits per heavy atom. The summed E-state index contributed by atoms with van der Waals surface area (Å²) in [6, 6.07) is 0. The lowest BCUT2D eigenvalue weighted by Crippen LogP contribution is -2.70. The van der Waals surface area contributed by atoms with E-state index in [1.54, 1.807) is 0 Å². The van der Waals surface area contributed by atoms with Gasteiger partial charge in [0.15, 0.2) is 30.7 Å². The van der Waals surface area contributed by atoms with E-state index in [0.29, 0.717) is 0 Å². The highest BCUT2D eigenvalue weighted by atomic mass is 16.7. The maximum absolute atomic E-state index is 12.8. The highest BCUT2D eigenvalue weighted by Crippen LogP contribution is 2.41. The highest BCUT2D eigenvalue weighted by Gasteiger charge is 2.62. The van der Waals surface area contributed by atoms with Crippen molar-refractivity contribution >= 4 is 47.8 Å². The summed E-state index contributed by atoms with van der Waals surface area (Å²) in [5.74, 6) is -8.59. The molecule has 0 radical (unpaired) electrons. The zero-order valence-corrected chi connectivity index (χ0v) is 28.5. The fourth-order valence-electron chi connectivity index (χ4n) is 5.59. The van der Waals surface area contributed by atoms with Gasteiger partial charge in [-0.15, -0.1) is 0 Å². The molecule has 19 nitrogen and oxygen atoms in total. The van der Waals surface area contributed by atoms with Crippen LogP contribution in [0, 0.1) is 5.92 Å². The Bertz CT molecular complexity index is 1250. The number of carbonyl (C=O) groups is 8. The van der Waals surface area contributed by atoms with Crippen LogP contribution in [0.1, 0.15) is 55.4 Å². The standard InChI is InChI=1S/C30H42O19/c1-12(31)40-10-20-23(42-14(3)33)22(26(45-17(6)36)30(39-9)49-20)25(44-16(5)35)28-29(47-19(8)38)27(46-18(7)37)24(43-15(4)34)21(48-28)11-41-13(2)32/h20-30H,10-11H2,1-9H3/t20-,21-,22-,23+,24+,25+,26-,27+,28+,29-,30+/m1/s1. The van der Waals surface area contributed by atoms with Crippen molar-refractivity contribution in [3.63, 3.8) is 0 Å². The summed E-state index contributed by atoms with van der Waals surface area (Å²) in [6.07, 6.45) is -16.0. The summed E-state index contributed by atoms with van der Waals surface area (Å²) < 4.78 is 61.3. The van der Waals surface area contributed by atoms with Crippen molar-refractivity contribution < 1.29 is 90.5 Å². The summed E-state index contributed by atoms with van der Waals surface area (Å²) in [6.45, 7) is 7.17. The van der Waals surface area contributed by atoms with Gasteiger partial charge in [0.05, 0.1) is 5.92 Å². The van der Waals surface area contributed by atoms with Gasteiger partial charge in [0.1, 0.15) is 43.7 Å². The first-order chi connectivity index (χ1) is 22.9. The molecule has 2 rings (SSSR count). The van der Waals surface area contributed by atoms with Crippen LogP contribution in [-0.4, -0.2) is 129 Å². The normalized spacial score (nSPS) is 30.0. The zero-order chi connectivity index (χ0) is 37.2. The molecule has 0 aliphatic carbocycles. The molecule has 2 heterocycles. The number of carbonyl (C=O) groups excluding carboxylic acids is 8. The first-order valence-electron chi connectivity index (χ1n) is 15.0. The number of hydrogen-bond donors (Lipinski definition) is 0. The molecule has 0 aromatic heterocycles. The van der Waals surface area contributed by atoms with Crippen LogP contribution in [0.3, 0.4) is 0 Å². The maximum atomic E-state index is 12.8. The van der Waals surface area contributed by atoms with Crippen molar-refractivity contribution in [2.45, 2.75) is 117 Å². The topological polar surface area (TPSA) is 238 Å². The van der Waals surface area contributed by atoms with Crippen molar-refractivity contribution in [1.82, 2.24) is 0 Å². The van der Waals surface area contributed by atoms with Gasteiger partial charge in [-0.3, -0.25) is 38.4 Å². The highest BCUT2D eigenvalue weighted by molar-refractivity contribution is 5.70. The summed E-state index contributed by atoms with van der Waals surface area (Å²) in [4.78, 5) is 98.4. The summed E-state index contributed by atoms with van der Waals surface area (Å²) in [5.41, 5.74) is 0. The minimum atomic E-state index is -1.78. The summed E-state index contributed by atoms with van der Waals surface area (Å²) in [7, 11) is 1.18. The van der Waals surface area contributed by atoms with Crippen LogP contribution >= 0.6 is 0 Å². The van der Waals surface area contributed by atoms with Crippen LogP contribution in [0.15, 0.2) is 0 Å². The summed E-state index contributed by atoms with van der Waals surface area (Å²) >= 11 is 0. The van der Waals surface area contributed by atoms with Gasteiger partial charge in [-0.05, 0) is 0 Å². The second-order valence-electron chi connectivity index (χ2n) is 11.0. The molecule has 2 saturated heterocycles. The molecule has 0 aromatic carbocycles. The fraction of sp³-hybridized carbons (Fsp3) is 0.733. The number of methoxy groups -OCH3 is 1. The molecule has 0 aromatic rings. The van der Waals surface area contributed by atoms with Crippen LogP contribution in [-0.2, 0) is 90.5 Å². The molecule has 2 fully saturated rings. The number of hydrogen-bond acceptors (Lipinski definition) is 19. The predicted molar refractivity (Wildman–Crippen MR) is 154 cm³/mol. The molecular formula is C30H42O19. The Morgan fingerprint density at radius 1 is 0.490 bits per heavy atom. The molecule has 0 unspecified atom stereocenters. The molecule has 0 saturated carbocycles. The van der Waals surface area contributed by atoms with Crippen LogP contribution in [0.4, 0.5) is 0 Å². The Balaban J connectivity index is 2.95. The molecule has 2 aliphatic heterocycles. The fourth-order valence-corrected chi connectivity index (χ4v) is 5.59. The molecule has 276 valence electrons. The van der Waals surface area contributed by atoms with E-state index < -0.39 is 128 Å². The van der Waals surface area contributed by atoms with E-state index in [1.807, 2.05) is 0 Å². The van der Waals surface area contributed by atoms with Gasteiger partial charge >= 0.3 is 47.8 Å². The van der Waals surface area contributed by atoms with Crippen LogP contribution in [0.2, 0.25) is 0 Å². The number of rotatable bonds is 13. The van der Waals surface area contributed by atoms with E-state index in [2.05, 4.69) is 0 Å². The van der Waals surface area contributed by atoms with Gasteiger partial charge in [-0.25, -0.2) is 0 Å². The summed E-state index contributed by atoms with van der Waals surface area (Å²) in [5, 5.41) is 0. The third-order valence-electron chi connectivity index (χ3n) is 7.02. The van der Waals surface area contributed by atoms with E-state index in [9.17, 15) is 38.4 Å². The average Bonchev–Trinajstić information content (AvgIpc) is 2.95. The molecule has 0 amide bonds. The lowest BCUT2D eigenvalue weighted by Gasteiger charge is -2.51. The molecular weight excluding hydrogens is 664 g/mol. The minimum Gasteiger partial charge on any atom is -0.463 e. The lowest BCUT2D eigenvalue weighted by molar-refractivity contribution is -0.318. The maximum Gasteiger partial charge on any atom is 0.303 e. The van der Waals surface area contributed by atoms with Crippen LogP contribution < -0.4 is 0 Å². The zero-order valence-electron chi connectivity index (χ0n) is 28.5. The molecule has 0 N–H and O–H groups in total. The van der Waals surface area contributed by atoms with Gasteiger partial charge < -0.3 is 52.1 Å². The molecule has 11 atom stereocenters. The third-order valence-corrected chi connectivity index (χ3v) is 7.02. The number of esters is 8. The van der Waals surface area contributed by atoms with Gasteiger partial charge in [0, 0.05) is 62.5 Å². The van der Waals surface area contributed by atoms with Gasteiger partial charge in [-0.2, -0.15) is 0 Å². The monoisotopic (exact) mass is 706 g/mol. The Hall–Kier alpha value is -4.36. The molecule has 0 spiro atoms. The molecule has 49 heavy (non-hydrogen) atoms. The predicted octanol–water partition coefficient (Wildman–Crippen LogP) is -0.542. The Kier molecular flexibility index (Phi) is 15.3. The van der Waals surface area contributed by atoms with Crippen molar-refractivity contribution in [3.8, 4) is 0 Å². The quantitative estimate of drug-likeness (QED) is 0.173. The van der Waals surface area contributed by atoms with Gasteiger partial charge in [0.25, 0.3) is 0 Å². The lowest BCUT2D eigenvalue weighted by atomic mass is 9.78. The Labute approximate surface area is 281 Å². The van der Waals surface area contributed by atoms with Crippen molar-refractivity contribution in [3.05, 3.63) is 0 Å². The Morgan fingerprint density at radius 3 is 1.33 bits per heavy atom. The minimum absolute atomic E-state index is 0.540. The largest absolute Gasteiger partial charge is 0.463 e. The van der Waals surface area contributed by atoms with Crippen LogP contribution in [0.5, 0.6) is 0 Å². The second-order valence-corrected chi connectivity index (χ2v) is 11.0. The molecule has 0 bridgehead atoms.